The summed E-state index contributed by atoms with van der Waals surface area (Å²) in [6.45, 7) is 0. The molecule has 0 radical (unpaired) electrons. The van der Waals surface area contributed by atoms with Crippen molar-refractivity contribution in [3.8, 4) is 27.9 Å². The molecule has 62 heavy (non-hydrogen) atoms. The molecule has 0 fully saturated rings. The van der Waals surface area contributed by atoms with Gasteiger partial charge in [0.25, 0.3) is 0 Å². The molecule has 0 spiro atoms. The highest BCUT2D eigenvalue weighted by molar-refractivity contribution is 6.19. The topological polar surface area (TPSA) is 34.5 Å². The molecule has 13 aromatic rings. The zero-order valence-electron chi connectivity index (χ0n) is 33.5. The monoisotopic (exact) mass is 792 g/mol. The first-order chi connectivity index (χ1) is 30.7. The van der Waals surface area contributed by atoms with E-state index in [-0.39, 0.29) is 0 Å². The molecule has 0 saturated heterocycles. The number of hydrogen-bond donors (Lipinski definition) is 0. The minimum absolute atomic E-state index is 0.852. The van der Waals surface area contributed by atoms with Crippen LogP contribution in [0.3, 0.4) is 0 Å². The molecule has 3 heterocycles. The molecule has 0 atom stereocenters. The van der Waals surface area contributed by atoms with Crippen molar-refractivity contribution in [3.63, 3.8) is 0 Å². The average molecular weight is 793 g/mol. The number of rotatable bonds is 6. The Morgan fingerprint density at radius 2 is 0.968 bits per heavy atom. The molecule has 13 rings (SSSR count). The highest BCUT2D eigenvalue weighted by atomic mass is 16.3. The van der Waals surface area contributed by atoms with Crippen LogP contribution in [0.4, 0.5) is 17.1 Å². The van der Waals surface area contributed by atoms with E-state index in [1.165, 1.54) is 27.2 Å². The fourth-order valence-corrected chi connectivity index (χ4v) is 9.74. The smallest absolute Gasteiger partial charge is 0.143 e. The van der Waals surface area contributed by atoms with Gasteiger partial charge in [0, 0.05) is 66.5 Å². The van der Waals surface area contributed by atoms with Gasteiger partial charge in [-0.05, 0) is 107 Å². The largest absolute Gasteiger partial charge is 0.456 e. The van der Waals surface area contributed by atoms with Gasteiger partial charge in [-0.2, -0.15) is 0 Å². The van der Waals surface area contributed by atoms with Crippen LogP contribution < -0.4 is 4.90 Å². The third kappa shape index (κ3) is 5.33. The van der Waals surface area contributed by atoms with Crippen LogP contribution in [0.1, 0.15) is 0 Å². The Morgan fingerprint density at radius 3 is 1.81 bits per heavy atom. The summed E-state index contributed by atoms with van der Waals surface area (Å²) in [6.07, 6.45) is 0. The van der Waals surface area contributed by atoms with Gasteiger partial charge in [-0.3, -0.25) is 0 Å². The predicted octanol–water partition coefficient (Wildman–Crippen LogP) is 16.5. The van der Waals surface area contributed by atoms with Crippen LogP contribution in [0.2, 0.25) is 0 Å². The minimum Gasteiger partial charge on any atom is -0.456 e. The minimum atomic E-state index is 0.852. The van der Waals surface area contributed by atoms with Crippen molar-refractivity contribution in [2.45, 2.75) is 0 Å². The molecule has 0 unspecified atom stereocenters. The Kier molecular flexibility index (Phi) is 7.57. The molecule has 0 aliphatic carbocycles. The van der Waals surface area contributed by atoms with E-state index in [1.54, 1.807) is 0 Å². The lowest BCUT2D eigenvalue weighted by atomic mass is 9.97. The summed E-state index contributed by atoms with van der Waals surface area (Å²) in [7, 11) is 0. The Bertz CT molecular complexity index is 3830. The number of hydrogen-bond acceptors (Lipinski definition) is 3. The summed E-state index contributed by atoms with van der Waals surface area (Å²) in [4.78, 5) is 2.33. The quantitative estimate of drug-likeness (QED) is 0.168. The first-order valence-electron chi connectivity index (χ1n) is 21.1. The SMILES string of the molecule is c1cc(-c2cccc3oc4c5ccccc5ccc4c23)cc(N(c2ccc(-c3cccc(-n4c5ccccc5c5ccccc54)c3)cc2)c2ccc3c(c2)oc2ccccc23)c1. The van der Waals surface area contributed by atoms with E-state index in [9.17, 15) is 0 Å². The molecule has 0 aliphatic heterocycles. The number of nitrogens with zero attached hydrogens (tertiary/aromatic N) is 2. The number of aromatic nitrogens is 1. The second kappa shape index (κ2) is 13.6. The molecule has 0 amide bonds. The van der Waals surface area contributed by atoms with Gasteiger partial charge >= 0.3 is 0 Å². The fraction of sp³-hybridized carbons (Fsp3) is 0. The van der Waals surface area contributed by atoms with Gasteiger partial charge in [0.05, 0.1) is 11.0 Å². The van der Waals surface area contributed by atoms with E-state index >= 15 is 0 Å². The zero-order chi connectivity index (χ0) is 40.7. The molecule has 0 N–H and O–H groups in total. The van der Waals surface area contributed by atoms with Gasteiger partial charge in [0.2, 0.25) is 0 Å². The highest BCUT2D eigenvalue weighted by Gasteiger charge is 2.19. The average Bonchev–Trinajstić information content (AvgIpc) is 4.02. The van der Waals surface area contributed by atoms with E-state index in [0.29, 0.717) is 0 Å². The summed E-state index contributed by atoms with van der Waals surface area (Å²) in [5.41, 5.74) is 14.7. The lowest BCUT2D eigenvalue weighted by Crippen LogP contribution is -2.10. The maximum atomic E-state index is 6.60. The number of fused-ring (bicyclic) bond motifs is 11. The van der Waals surface area contributed by atoms with Crippen LogP contribution in [-0.4, -0.2) is 4.57 Å². The molecule has 0 bridgehead atoms. The first-order valence-corrected chi connectivity index (χ1v) is 21.1. The van der Waals surface area contributed by atoms with Crippen molar-refractivity contribution in [1.29, 1.82) is 0 Å². The second-order valence-electron chi connectivity index (χ2n) is 16.1. The highest BCUT2D eigenvalue weighted by Crippen LogP contribution is 2.44. The van der Waals surface area contributed by atoms with E-state index < -0.39 is 0 Å². The molecular formula is C58H36N2O2. The van der Waals surface area contributed by atoms with E-state index in [2.05, 4.69) is 216 Å². The van der Waals surface area contributed by atoms with Crippen molar-refractivity contribution < 1.29 is 8.83 Å². The zero-order valence-corrected chi connectivity index (χ0v) is 33.5. The van der Waals surface area contributed by atoms with Crippen LogP contribution in [0.25, 0.3) is 104 Å². The number of anilines is 3. The molecule has 0 aliphatic rings. The lowest BCUT2D eigenvalue weighted by Gasteiger charge is -2.26. The summed E-state index contributed by atoms with van der Waals surface area (Å²) in [6, 6.07) is 78.0. The van der Waals surface area contributed by atoms with Crippen LogP contribution in [0.15, 0.2) is 227 Å². The summed E-state index contributed by atoms with van der Waals surface area (Å²) >= 11 is 0. The Morgan fingerprint density at radius 1 is 0.339 bits per heavy atom. The Balaban J connectivity index is 0.943. The van der Waals surface area contributed by atoms with Gasteiger partial charge in [-0.1, -0.05) is 133 Å². The molecule has 0 saturated carbocycles. The van der Waals surface area contributed by atoms with Crippen LogP contribution in [-0.2, 0) is 0 Å². The second-order valence-corrected chi connectivity index (χ2v) is 16.1. The summed E-state index contributed by atoms with van der Waals surface area (Å²) in [5.74, 6) is 0. The Hall–Kier alpha value is -8.34. The van der Waals surface area contributed by atoms with Gasteiger partial charge in [0.1, 0.15) is 22.3 Å². The Labute approximate surface area is 356 Å². The third-order valence-electron chi connectivity index (χ3n) is 12.6. The molecule has 3 aromatic heterocycles. The van der Waals surface area contributed by atoms with Gasteiger partial charge in [0.15, 0.2) is 0 Å². The molecule has 10 aromatic carbocycles. The van der Waals surface area contributed by atoms with Crippen molar-refractivity contribution >= 4 is 93.5 Å². The van der Waals surface area contributed by atoms with Crippen LogP contribution in [0.5, 0.6) is 0 Å². The number of benzene rings is 10. The summed E-state index contributed by atoms with van der Waals surface area (Å²) < 4.78 is 15.4. The maximum absolute atomic E-state index is 6.60. The van der Waals surface area contributed by atoms with Crippen LogP contribution >= 0.6 is 0 Å². The van der Waals surface area contributed by atoms with Gasteiger partial charge < -0.3 is 18.3 Å². The van der Waals surface area contributed by atoms with Crippen molar-refractivity contribution in [2.24, 2.45) is 0 Å². The van der Waals surface area contributed by atoms with Crippen molar-refractivity contribution in [3.05, 3.63) is 218 Å². The molecular weight excluding hydrogens is 757 g/mol. The summed E-state index contributed by atoms with van der Waals surface area (Å²) in [5, 5.41) is 9.25. The molecule has 4 heteroatoms. The molecule has 290 valence electrons. The van der Waals surface area contributed by atoms with Crippen molar-refractivity contribution in [1.82, 2.24) is 4.57 Å². The molecule has 4 nitrogen and oxygen atoms in total. The van der Waals surface area contributed by atoms with Gasteiger partial charge in [-0.15, -0.1) is 0 Å². The normalized spacial score (nSPS) is 11.9. The fourth-order valence-electron chi connectivity index (χ4n) is 9.74. The predicted molar refractivity (Wildman–Crippen MR) is 258 cm³/mol. The number of furan rings is 2. The van der Waals surface area contributed by atoms with E-state index in [0.717, 1.165) is 94.3 Å². The lowest BCUT2D eigenvalue weighted by molar-refractivity contribution is 0.669. The van der Waals surface area contributed by atoms with Crippen molar-refractivity contribution in [2.75, 3.05) is 4.90 Å². The standard InChI is InChI=1S/C58H36N2O2/c1-2-17-46-38(12-1)28-32-51-57-45(21-11-25-55(57)62-58(46)51)40-14-10-15-42(35-40)59(44-31-33-50-49-20-5-8-24-54(49)61-56(50)36-44)41-29-26-37(27-30-41)39-13-9-16-43(34-39)60-52-22-6-3-18-47(52)48-19-4-7-23-53(48)60/h1-36H. The first kappa shape index (κ1) is 34.5. The number of para-hydroxylation sites is 3. The maximum Gasteiger partial charge on any atom is 0.143 e. The van der Waals surface area contributed by atoms with E-state index in [4.69, 9.17) is 8.83 Å². The third-order valence-corrected chi connectivity index (χ3v) is 12.6. The van der Waals surface area contributed by atoms with E-state index in [1.807, 2.05) is 12.1 Å². The van der Waals surface area contributed by atoms with Crippen LogP contribution in [0, 0.1) is 0 Å². The van der Waals surface area contributed by atoms with Gasteiger partial charge in [-0.25, -0.2) is 0 Å².